The molecule has 0 saturated carbocycles. The van der Waals surface area contributed by atoms with Crippen LogP contribution in [0, 0.1) is 11.3 Å². The van der Waals surface area contributed by atoms with E-state index in [4.69, 9.17) is 14.2 Å². The highest BCUT2D eigenvalue weighted by Crippen LogP contribution is 2.31. The van der Waals surface area contributed by atoms with Gasteiger partial charge >= 0.3 is 0 Å². The molecule has 0 atom stereocenters. The highest BCUT2D eigenvalue weighted by atomic mass is 16.5. The molecule has 182 valence electrons. The molecule has 1 aliphatic heterocycles. The average Bonchev–Trinajstić information content (AvgIpc) is 3.35. The van der Waals surface area contributed by atoms with Crippen molar-refractivity contribution in [3.8, 4) is 23.3 Å². The number of hydrogen-bond acceptors (Lipinski definition) is 5. The first-order valence-electron chi connectivity index (χ1n) is 11.8. The normalized spacial score (nSPS) is 12.4. The summed E-state index contributed by atoms with van der Waals surface area (Å²) in [5.74, 6) is 1.56. The Morgan fingerprint density at radius 2 is 1.78 bits per heavy atom. The van der Waals surface area contributed by atoms with Crippen LogP contribution >= 0.6 is 0 Å². The fourth-order valence-electron chi connectivity index (χ4n) is 4.17. The van der Waals surface area contributed by atoms with Gasteiger partial charge in [-0.3, -0.25) is 4.79 Å². The summed E-state index contributed by atoms with van der Waals surface area (Å²) in [5, 5.41) is 9.70. The van der Waals surface area contributed by atoms with Crippen LogP contribution in [-0.2, 0) is 17.6 Å². The Labute approximate surface area is 211 Å². The van der Waals surface area contributed by atoms with Gasteiger partial charge in [-0.25, -0.2) is 0 Å². The van der Waals surface area contributed by atoms with Crippen molar-refractivity contribution in [2.24, 2.45) is 0 Å². The van der Waals surface area contributed by atoms with Crippen molar-refractivity contribution in [3.05, 3.63) is 102 Å². The maximum atomic E-state index is 13.1. The number of amides is 1. The predicted octanol–water partition coefficient (Wildman–Crippen LogP) is 5.38. The maximum Gasteiger partial charge on any atom is 0.268 e. The summed E-state index contributed by atoms with van der Waals surface area (Å²) in [6.45, 7) is 5.04. The Kier molecular flexibility index (Phi) is 8.05. The molecule has 0 saturated heterocycles. The summed E-state index contributed by atoms with van der Waals surface area (Å²) in [4.78, 5) is 14.7. The second-order valence-electron chi connectivity index (χ2n) is 8.21. The molecule has 6 heteroatoms. The molecule has 4 rings (SSSR count). The molecule has 6 nitrogen and oxygen atoms in total. The molecule has 0 aliphatic carbocycles. The quantitative estimate of drug-likeness (QED) is 0.169. The van der Waals surface area contributed by atoms with E-state index in [2.05, 4.69) is 12.6 Å². The van der Waals surface area contributed by atoms with Gasteiger partial charge in [0, 0.05) is 12.2 Å². The minimum Gasteiger partial charge on any atom is -0.493 e. The Morgan fingerprint density at radius 1 is 1.03 bits per heavy atom. The molecule has 0 spiro atoms. The molecular weight excluding hydrogens is 452 g/mol. The molecule has 0 bridgehead atoms. The van der Waals surface area contributed by atoms with E-state index in [1.165, 1.54) is 0 Å². The van der Waals surface area contributed by atoms with Crippen molar-refractivity contribution in [2.45, 2.75) is 12.8 Å². The Balaban J connectivity index is 1.41. The summed E-state index contributed by atoms with van der Waals surface area (Å²) in [6.07, 6.45) is 4.94. The molecule has 1 amide bonds. The van der Waals surface area contributed by atoms with Crippen LogP contribution in [-0.4, -0.2) is 32.8 Å². The molecule has 3 aromatic rings. The van der Waals surface area contributed by atoms with Crippen molar-refractivity contribution in [2.75, 3.05) is 31.8 Å². The number of benzene rings is 3. The van der Waals surface area contributed by atoms with Gasteiger partial charge in [0.25, 0.3) is 5.91 Å². The van der Waals surface area contributed by atoms with Crippen LogP contribution in [0.1, 0.15) is 16.7 Å². The highest BCUT2D eigenvalue weighted by molar-refractivity contribution is 6.12. The SMILES string of the molecule is C=CCc1ccccc1OCCOc1ccc(/C=C(\C#N)C(=O)N2CCc3ccccc32)cc1OC. The number of carbonyl (C=O) groups is 1. The van der Waals surface area contributed by atoms with E-state index in [9.17, 15) is 10.1 Å². The van der Waals surface area contributed by atoms with Gasteiger partial charge in [-0.05, 0) is 59.9 Å². The third kappa shape index (κ3) is 5.59. The number of hydrogen-bond donors (Lipinski definition) is 0. The van der Waals surface area contributed by atoms with E-state index >= 15 is 0 Å². The number of rotatable bonds is 10. The third-order valence-corrected chi connectivity index (χ3v) is 5.92. The van der Waals surface area contributed by atoms with E-state index in [0.29, 0.717) is 36.8 Å². The number of methoxy groups -OCH3 is 1. The standard InChI is InChI=1S/C30H28N2O4/c1-3-8-24-10-5-7-12-27(24)35-17-18-36-28-14-13-22(20-29(28)34-2)19-25(21-31)30(33)32-16-15-23-9-4-6-11-26(23)32/h3-7,9-14,19-20H,1,8,15-18H2,2H3/b25-19+. The van der Waals surface area contributed by atoms with E-state index in [0.717, 1.165) is 35.4 Å². The molecule has 0 radical (unpaired) electrons. The number of ether oxygens (including phenoxy) is 3. The maximum absolute atomic E-state index is 13.1. The fourth-order valence-corrected chi connectivity index (χ4v) is 4.17. The minimum atomic E-state index is -0.310. The Morgan fingerprint density at radius 3 is 2.56 bits per heavy atom. The number of nitrogens with zero attached hydrogens (tertiary/aromatic N) is 2. The topological polar surface area (TPSA) is 71.8 Å². The molecule has 3 aromatic carbocycles. The van der Waals surface area contributed by atoms with Crippen LogP contribution in [0.3, 0.4) is 0 Å². The molecule has 36 heavy (non-hydrogen) atoms. The van der Waals surface area contributed by atoms with E-state index in [-0.39, 0.29) is 11.5 Å². The molecule has 0 fully saturated rings. The largest absolute Gasteiger partial charge is 0.493 e. The summed E-state index contributed by atoms with van der Waals surface area (Å²) >= 11 is 0. The smallest absolute Gasteiger partial charge is 0.268 e. The van der Waals surface area contributed by atoms with Crippen molar-refractivity contribution in [3.63, 3.8) is 0 Å². The molecular formula is C30H28N2O4. The zero-order valence-electron chi connectivity index (χ0n) is 20.3. The number of anilines is 1. The van der Waals surface area contributed by atoms with Crippen molar-refractivity contribution >= 4 is 17.7 Å². The van der Waals surface area contributed by atoms with Crippen molar-refractivity contribution in [1.82, 2.24) is 0 Å². The first-order chi connectivity index (χ1) is 17.6. The van der Waals surface area contributed by atoms with Gasteiger partial charge < -0.3 is 19.1 Å². The van der Waals surface area contributed by atoms with E-state index in [1.54, 1.807) is 36.3 Å². The van der Waals surface area contributed by atoms with Crippen LogP contribution in [0.25, 0.3) is 6.08 Å². The fraction of sp³-hybridized carbons (Fsp3) is 0.200. The van der Waals surface area contributed by atoms with Crippen LogP contribution in [0.15, 0.2) is 85.0 Å². The molecule has 0 unspecified atom stereocenters. The zero-order valence-corrected chi connectivity index (χ0v) is 20.3. The number of allylic oxidation sites excluding steroid dienone is 1. The number of para-hydroxylation sites is 2. The zero-order chi connectivity index (χ0) is 25.3. The van der Waals surface area contributed by atoms with Gasteiger partial charge in [0.05, 0.1) is 7.11 Å². The van der Waals surface area contributed by atoms with Gasteiger partial charge in [-0.1, -0.05) is 48.5 Å². The van der Waals surface area contributed by atoms with Gasteiger partial charge in [0.2, 0.25) is 0 Å². The van der Waals surface area contributed by atoms with Crippen LogP contribution in [0.2, 0.25) is 0 Å². The lowest BCUT2D eigenvalue weighted by Crippen LogP contribution is -2.29. The van der Waals surface area contributed by atoms with Gasteiger partial charge in [0.1, 0.15) is 30.6 Å². The number of fused-ring (bicyclic) bond motifs is 1. The molecule has 0 N–H and O–H groups in total. The van der Waals surface area contributed by atoms with Crippen LogP contribution < -0.4 is 19.1 Å². The molecule has 0 aromatic heterocycles. The monoisotopic (exact) mass is 480 g/mol. The Hall–Kier alpha value is -4.50. The predicted molar refractivity (Wildman–Crippen MR) is 140 cm³/mol. The van der Waals surface area contributed by atoms with Crippen LogP contribution in [0.5, 0.6) is 17.2 Å². The first-order valence-corrected chi connectivity index (χ1v) is 11.8. The first kappa shape index (κ1) is 24.6. The third-order valence-electron chi connectivity index (χ3n) is 5.92. The van der Waals surface area contributed by atoms with E-state index < -0.39 is 0 Å². The lowest BCUT2D eigenvalue weighted by molar-refractivity contribution is -0.114. The lowest BCUT2D eigenvalue weighted by Gasteiger charge is -2.17. The number of carbonyl (C=O) groups excluding carboxylic acids is 1. The van der Waals surface area contributed by atoms with Crippen molar-refractivity contribution in [1.29, 1.82) is 5.26 Å². The average molecular weight is 481 g/mol. The summed E-state index contributed by atoms with van der Waals surface area (Å²) < 4.78 is 17.2. The summed E-state index contributed by atoms with van der Waals surface area (Å²) in [7, 11) is 1.55. The van der Waals surface area contributed by atoms with Crippen LogP contribution in [0.4, 0.5) is 5.69 Å². The molecule has 1 heterocycles. The minimum absolute atomic E-state index is 0.0639. The number of nitriles is 1. The second kappa shape index (κ2) is 11.8. The van der Waals surface area contributed by atoms with Gasteiger partial charge in [-0.15, -0.1) is 6.58 Å². The van der Waals surface area contributed by atoms with Gasteiger partial charge in [0.15, 0.2) is 11.5 Å². The van der Waals surface area contributed by atoms with Crippen molar-refractivity contribution < 1.29 is 19.0 Å². The molecule has 1 aliphatic rings. The second-order valence-corrected chi connectivity index (χ2v) is 8.21. The summed E-state index contributed by atoms with van der Waals surface area (Å²) in [6, 6.07) is 23.0. The lowest BCUT2D eigenvalue weighted by atomic mass is 10.1. The summed E-state index contributed by atoms with van der Waals surface area (Å²) in [5.41, 5.74) is 3.78. The van der Waals surface area contributed by atoms with E-state index in [1.807, 2.05) is 54.6 Å². The highest BCUT2D eigenvalue weighted by Gasteiger charge is 2.26. The van der Waals surface area contributed by atoms with Gasteiger partial charge in [-0.2, -0.15) is 5.26 Å². The Bertz CT molecular complexity index is 1320.